The highest BCUT2D eigenvalue weighted by Gasteiger charge is 2.33. The van der Waals surface area contributed by atoms with Gasteiger partial charge in [0.05, 0.1) is 19.2 Å². The summed E-state index contributed by atoms with van der Waals surface area (Å²) in [5.41, 5.74) is 2.21. The van der Waals surface area contributed by atoms with E-state index in [1.54, 1.807) is 18.4 Å². The van der Waals surface area contributed by atoms with Gasteiger partial charge < -0.3 is 19.3 Å². The van der Waals surface area contributed by atoms with E-state index in [2.05, 4.69) is 11.4 Å². The second kappa shape index (κ2) is 9.89. The van der Waals surface area contributed by atoms with Gasteiger partial charge in [0.25, 0.3) is 0 Å². The number of carbonyl (C=O) groups excluding carboxylic acids is 2. The summed E-state index contributed by atoms with van der Waals surface area (Å²) in [4.78, 5) is 29.8. The Bertz CT molecular complexity index is 851. The Balaban J connectivity index is 1.76. The van der Waals surface area contributed by atoms with Gasteiger partial charge in [0.1, 0.15) is 12.4 Å². The number of methoxy groups -OCH3 is 1. The first-order chi connectivity index (χ1) is 14.0. The van der Waals surface area contributed by atoms with Crippen LogP contribution in [-0.4, -0.2) is 61.6 Å². The lowest BCUT2D eigenvalue weighted by Gasteiger charge is -2.37. The van der Waals surface area contributed by atoms with Crippen molar-refractivity contribution in [2.24, 2.45) is 0 Å². The number of aryl methyl sites for hydroxylation is 1. The summed E-state index contributed by atoms with van der Waals surface area (Å²) in [6, 6.07) is 9.80. The fraction of sp³-hybridized carbons (Fsp3) is 0.455. The molecule has 0 spiro atoms. The summed E-state index contributed by atoms with van der Waals surface area (Å²) >= 11 is 1.72. The van der Waals surface area contributed by atoms with Crippen LogP contribution in [0.3, 0.4) is 0 Å². The van der Waals surface area contributed by atoms with E-state index in [0.717, 1.165) is 23.3 Å². The first-order valence-electron chi connectivity index (χ1n) is 9.80. The number of ether oxygens (including phenoxy) is 2. The molecule has 1 aromatic carbocycles. The van der Waals surface area contributed by atoms with Gasteiger partial charge in [0.2, 0.25) is 11.8 Å². The number of amides is 2. The molecule has 156 valence electrons. The number of fused-ring (bicyclic) bond motifs is 1. The van der Waals surface area contributed by atoms with Gasteiger partial charge in [0.15, 0.2) is 0 Å². The number of hydrogen-bond acceptors (Lipinski definition) is 5. The highest BCUT2D eigenvalue weighted by molar-refractivity contribution is 7.10. The Morgan fingerprint density at radius 2 is 2.07 bits per heavy atom. The number of rotatable bonds is 8. The maximum absolute atomic E-state index is 13.1. The van der Waals surface area contributed by atoms with Gasteiger partial charge in [-0.1, -0.05) is 18.2 Å². The molecule has 6 nitrogen and oxygen atoms in total. The molecule has 0 bridgehead atoms. The van der Waals surface area contributed by atoms with Crippen molar-refractivity contribution in [1.82, 2.24) is 9.80 Å². The average Bonchev–Trinajstić information content (AvgIpc) is 3.19. The second-order valence-electron chi connectivity index (χ2n) is 7.16. The Hall–Kier alpha value is -2.38. The van der Waals surface area contributed by atoms with Crippen molar-refractivity contribution >= 4 is 23.2 Å². The molecule has 0 fully saturated rings. The molecule has 3 rings (SSSR count). The minimum Gasteiger partial charge on any atom is -0.491 e. The monoisotopic (exact) mass is 416 g/mol. The molecule has 1 unspecified atom stereocenters. The van der Waals surface area contributed by atoms with Crippen LogP contribution in [0.15, 0.2) is 35.7 Å². The minimum absolute atomic E-state index is 0.0546. The smallest absolute Gasteiger partial charge is 0.242 e. The average molecular weight is 417 g/mol. The van der Waals surface area contributed by atoms with Crippen molar-refractivity contribution in [3.8, 4) is 5.75 Å². The van der Waals surface area contributed by atoms with Gasteiger partial charge in [-0.3, -0.25) is 9.59 Å². The number of para-hydroxylation sites is 1. The third-order valence-electron chi connectivity index (χ3n) is 5.24. The Morgan fingerprint density at radius 1 is 1.28 bits per heavy atom. The number of benzene rings is 1. The lowest BCUT2D eigenvalue weighted by Crippen LogP contribution is -2.48. The molecule has 0 saturated heterocycles. The van der Waals surface area contributed by atoms with E-state index in [1.807, 2.05) is 36.1 Å². The second-order valence-corrected chi connectivity index (χ2v) is 8.16. The summed E-state index contributed by atoms with van der Waals surface area (Å²) in [6.07, 6.45) is 0.831. The van der Waals surface area contributed by atoms with E-state index in [0.29, 0.717) is 26.3 Å². The predicted octanol–water partition coefficient (Wildman–Crippen LogP) is 3.06. The highest BCUT2D eigenvalue weighted by Crippen LogP contribution is 2.34. The van der Waals surface area contributed by atoms with Crippen LogP contribution < -0.4 is 4.74 Å². The van der Waals surface area contributed by atoms with Crippen LogP contribution in [0.2, 0.25) is 0 Å². The van der Waals surface area contributed by atoms with Crippen LogP contribution in [0.4, 0.5) is 0 Å². The molecular weight excluding hydrogens is 388 g/mol. The van der Waals surface area contributed by atoms with Gasteiger partial charge in [-0.25, -0.2) is 0 Å². The standard InChI is InChI=1S/C22H28N2O4S/c1-16-6-4-5-7-20(16)28-15-19-18-9-13-29-21(18)8-10-24(19)22(26)14-23(17(2)25)11-12-27-3/h4-7,9,13,19H,8,10-12,14-15H2,1-3H3. The van der Waals surface area contributed by atoms with E-state index in [4.69, 9.17) is 9.47 Å². The largest absolute Gasteiger partial charge is 0.491 e. The van der Waals surface area contributed by atoms with E-state index >= 15 is 0 Å². The SMILES string of the molecule is COCCN(CC(=O)N1CCc2sccc2C1COc1ccccc1C)C(C)=O. The van der Waals surface area contributed by atoms with Crippen LogP contribution in [0, 0.1) is 6.92 Å². The summed E-state index contributed by atoms with van der Waals surface area (Å²) in [5.74, 6) is 0.635. The lowest BCUT2D eigenvalue weighted by molar-refractivity contribution is -0.142. The van der Waals surface area contributed by atoms with E-state index in [1.165, 1.54) is 16.7 Å². The number of thiophene rings is 1. The maximum Gasteiger partial charge on any atom is 0.242 e. The van der Waals surface area contributed by atoms with Crippen molar-refractivity contribution in [2.75, 3.05) is 40.0 Å². The zero-order valence-corrected chi connectivity index (χ0v) is 18.0. The molecule has 29 heavy (non-hydrogen) atoms. The number of carbonyl (C=O) groups is 2. The van der Waals surface area contributed by atoms with Crippen LogP contribution in [0.1, 0.15) is 29.0 Å². The van der Waals surface area contributed by atoms with Crippen molar-refractivity contribution in [3.63, 3.8) is 0 Å². The van der Waals surface area contributed by atoms with Crippen LogP contribution in [0.25, 0.3) is 0 Å². The summed E-state index contributed by atoms with van der Waals surface area (Å²) in [6.45, 7) is 5.37. The normalized spacial score (nSPS) is 15.7. The third-order valence-corrected chi connectivity index (χ3v) is 6.24. The minimum atomic E-state index is -0.159. The van der Waals surface area contributed by atoms with Gasteiger partial charge in [-0.05, 0) is 42.0 Å². The highest BCUT2D eigenvalue weighted by atomic mass is 32.1. The molecule has 2 aromatic rings. The fourth-order valence-corrected chi connectivity index (χ4v) is 4.49. The lowest BCUT2D eigenvalue weighted by atomic mass is 10.0. The first kappa shape index (κ1) is 21.3. The third kappa shape index (κ3) is 5.16. The maximum atomic E-state index is 13.1. The molecule has 1 aromatic heterocycles. The molecule has 0 aliphatic carbocycles. The number of hydrogen-bond donors (Lipinski definition) is 0. The van der Waals surface area contributed by atoms with Gasteiger partial charge in [-0.2, -0.15) is 0 Å². The summed E-state index contributed by atoms with van der Waals surface area (Å²) < 4.78 is 11.2. The molecule has 1 aliphatic heterocycles. The van der Waals surface area contributed by atoms with E-state index in [-0.39, 0.29) is 24.4 Å². The Labute approximate surface area is 176 Å². The molecule has 1 atom stereocenters. The van der Waals surface area contributed by atoms with Gasteiger partial charge >= 0.3 is 0 Å². The van der Waals surface area contributed by atoms with E-state index < -0.39 is 0 Å². The first-order valence-corrected chi connectivity index (χ1v) is 10.7. The van der Waals surface area contributed by atoms with Crippen LogP contribution in [-0.2, 0) is 20.7 Å². The molecular formula is C22H28N2O4S. The van der Waals surface area contributed by atoms with Gasteiger partial charge in [0, 0.05) is 32.0 Å². The van der Waals surface area contributed by atoms with Crippen molar-refractivity contribution in [2.45, 2.75) is 26.3 Å². The van der Waals surface area contributed by atoms with Crippen LogP contribution >= 0.6 is 11.3 Å². The molecule has 7 heteroatoms. The molecule has 2 amide bonds. The molecule has 0 saturated carbocycles. The predicted molar refractivity (Wildman–Crippen MR) is 113 cm³/mol. The molecule has 0 N–H and O–H groups in total. The van der Waals surface area contributed by atoms with E-state index in [9.17, 15) is 9.59 Å². The Morgan fingerprint density at radius 3 is 2.79 bits per heavy atom. The summed E-state index contributed by atoms with van der Waals surface area (Å²) in [5, 5.41) is 2.07. The number of nitrogens with zero attached hydrogens (tertiary/aromatic N) is 2. The molecule has 2 heterocycles. The quantitative estimate of drug-likeness (QED) is 0.664. The van der Waals surface area contributed by atoms with Crippen LogP contribution in [0.5, 0.6) is 5.75 Å². The zero-order valence-electron chi connectivity index (χ0n) is 17.2. The Kier molecular flexibility index (Phi) is 7.28. The van der Waals surface area contributed by atoms with Gasteiger partial charge in [-0.15, -0.1) is 11.3 Å². The summed E-state index contributed by atoms with van der Waals surface area (Å²) in [7, 11) is 1.59. The van der Waals surface area contributed by atoms with Crippen molar-refractivity contribution in [3.05, 3.63) is 51.7 Å². The molecule has 1 aliphatic rings. The van der Waals surface area contributed by atoms with Crippen molar-refractivity contribution in [1.29, 1.82) is 0 Å². The molecule has 0 radical (unpaired) electrons. The fourth-order valence-electron chi connectivity index (χ4n) is 3.57. The topological polar surface area (TPSA) is 59.1 Å². The van der Waals surface area contributed by atoms with Crippen molar-refractivity contribution < 1.29 is 19.1 Å². The zero-order chi connectivity index (χ0) is 20.8.